The maximum Gasteiger partial charge on any atom is 0.266 e. The van der Waals surface area contributed by atoms with E-state index < -0.39 is 32.4 Å². The number of rotatable bonds is 8. The highest BCUT2D eigenvalue weighted by atomic mass is 32.2. The minimum Gasteiger partial charge on any atom is -0.382 e. The van der Waals surface area contributed by atoms with Crippen molar-refractivity contribution < 1.29 is 21.9 Å². The van der Waals surface area contributed by atoms with Crippen molar-refractivity contribution in [1.82, 2.24) is 24.7 Å². The van der Waals surface area contributed by atoms with Crippen molar-refractivity contribution in [2.45, 2.75) is 56.0 Å². The van der Waals surface area contributed by atoms with Crippen LogP contribution in [0.1, 0.15) is 50.5 Å². The van der Waals surface area contributed by atoms with Crippen molar-refractivity contribution in [2.75, 3.05) is 23.7 Å². The number of hydrogen-bond acceptors (Lipinski definition) is 8. The predicted molar refractivity (Wildman–Crippen MR) is 155 cm³/mol. The Labute approximate surface area is 242 Å². The summed E-state index contributed by atoms with van der Waals surface area (Å²) in [7, 11) is -4.41. The zero-order chi connectivity index (χ0) is 29.6. The number of nitrogens with zero attached hydrogens (tertiary/aromatic N) is 4. The van der Waals surface area contributed by atoms with Crippen LogP contribution < -0.4 is 15.8 Å². The highest BCUT2D eigenvalue weighted by Crippen LogP contribution is 2.36. The molecule has 1 saturated heterocycles. The van der Waals surface area contributed by atoms with Gasteiger partial charge in [0.1, 0.15) is 33.6 Å². The number of halogens is 2. The van der Waals surface area contributed by atoms with Gasteiger partial charge in [-0.2, -0.15) is 0 Å². The fourth-order valence-corrected chi connectivity index (χ4v) is 6.45. The SMILES string of the molecule is CC(C)c1nc(-c2cnc(NS(=O)(=O)c3ccccc3F)c(F)c2)c2c(N)ncc(C3=CCC(NC4COC4)CC3)n12. The van der Waals surface area contributed by atoms with E-state index in [9.17, 15) is 12.8 Å². The van der Waals surface area contributed by atoms with E-state index >= 15 is 4.39 Å². The number of imidazole rings is 1. The van der Waals surface area contributed by atoms with Gasteiger partial charge in [-0.25, -0.2) is 32.2 Å². The van der Waals surface area contributed by atoms with Gasteiger partial charge in [0.05, 0.1) is 31.1 Å². The zero-order valence-corrected chi connectivity index (χ0v) is 24.0. The number of sulfonamides is 1. The number of ether oxygens (including phenoxy) is 1. The third-order valence-electron chi connectivity index (χ3n) is 7.55. The number of allylic oxidation sites excluding steroid dienone is 1. The summed E-state index contributed by atoms with van der Waals surface area (Å²) in [5, 5.41) is 3.64. The number of hydrogen-bond donors (Lipinski definition) is 3. The summed E-state index contributed by atoms with van der Waals surface area (Å²) in [6.07, 6.45) is 7.94. The average Bonchev–Trinajstić information content (AvgIpc) is 3.35. The van der Waals surface area contributed by atoms with Crippen molar-refractivity contribution in [1.29, 1.82) is 0 Å². The highest BCUT2D eigenvalue weighted by molar-refractivity contribution is 7.92. The number of nitrogen functional groups attached to an aromatic ring is 1. The number of pyridine rings is 1. The van der Waals surface area contributed by atoms with E-state index in [1.54, 1.807) is 6.20 Å². The van der Waals surface area contributed by atoms with E-state index in [0.717, 1.165) is 67.8 Å². The average molecular weight is 596 g/mol. The van der Waals surface area contributed by atoms with E-state index in [1.165, 1.54) is 18.3 Å². The van der Waals surface area contributed by atoms with Crippen LogP contribution in [0.4, 0.5) is 20.4 Å². The number of nitrogens with two attached hydrogens (primary N) is 1. The van der Waals surface area contributed by atoms with Gasteiger partial charge < -0.3 is 15.8 Å². The standard InChI is InChI=1S/C29H31F2N7O3S/c1-16(2)29-36-25(18-11-22(31)28(34-12-18)37-42(39,40)24-6-4-3-5-21(24)30)26-27(32)33-13-23(38(26)29)17-7-9-19(10-8-17)35-20-14-41-15-20/h3-7,11-13,16,19-20,35H,8-10,14-15H2,1-2H3,(H2,32,33)(H,34,37). The summed E-state index contributed by atoms with van der Waals surface area (Å²) < 4.78 is 64.1. The molecule has 4 heterocycles. The van der Waals surface area contributed by atoms with Gasteiger partial charge in [0, 0.05) is 23.7 Å². The van der Waals surface area contributed by atoms with Crippen LogP contribution in [0.5, 0.6) is 0 Å². The lowest BCUT2D eigenvalue weighted by Crippen LogP contribution is -2.50. The number of nitrogens with one attached hydrogen (secondary N) is 2. The van der Waals surface area contributed by atoms with Gasteiger partial charge in [-0.05, 0) is 43.0 Å². The molecular weight excluding hydrogens is 564 g/mol. The molecule has 220 valence electrons. The summed E-state index contributed by atoms with van der Waals surface area (Å²) in [6.45, 7) is 5.51. The van der Waals surface area contributed by atoms with Crippen LogP contribution >= 0.6 is 0 Å². The zero-order valence-electron chi connectivity index (χ0n) is 23.1. The van der Waals surface area contributed by atoms with Crippen LogP contribution in [0.3, 0.4) is 0 Å². The number of benzene rings is 1. The first-order valence-electron chi connectivity index (χ1n) is 13.8. The van der Waals surface area contributed by atoms with Crippen LogP contribution in [0.25, 0.3) is 22.3 Å². The summed E-state index contributed by atoms with van der Waals surface area (Å²) in [4.78, 5) is 12.7. The van der Waals surface area contributed by atoms with Crippen molar-refractivity contribution >= 4 is 32.7 Å². The fourth-order valence-electron chi connectivity index (χ4n) is 5.35. The molecule has 13 heteroatoms. The van der Waals surface area contributed by atoms with E-state index in [2.05, 4.69) is 21.4 Å². The monoisotopic (exact) mass is 595 g/mol. The Morgan fingerprint density at radius 3 is 2.52 bits per heavy atom. The quantitative estimate of drug-likeness (QED) is 0.271. The van der Waals surface area contributed by atoms with Gasteiger partial charge in [0.25, 0.3) is 10.0 Å². The second-order valence-electron chi connectivity index (χ2n) is 10.9. The Morgan fingerprint density at radius 1 is 1.10 bits per heavy atom. The smallest absolute Gasteiger partial charge is 0.266 e. The molecule has 0 radical (unpaired) electrons. The van der Waals surface area contributed by atoms with Crippen LogP contribution in [-0.4, -0.2) is 53.1 Å². The molecule has 1 aromatic carbocycles. The lowest BCUT2D eigenvalue weighted by atomic mass is 9.92. The van der Waals surface area contributed by atoms with E-state index in [1.807, 2.05) is 23.0 Å². The molecule has 1 atom stereocenters. The molecule has 1 aliphatic carbocycles. The lowest BCUT2D eigenvalue weighted by Gasteiger charge is -2.33. The maximum atomic E-state index is 15.3. The maximum absolute atomic E-state index is 15.3. The molecule has 2 aliphatic rings. The molecule has 4 N–H and O–H groups in total. The number of fused-ring (bicyclic) bond motifs is 1. The van der Waals surface area contributed by atoms with Gasteiger partial charge in [-0.1, -0.05) is 32.1 Å². The van der Waals surface area contributed by atoms with Gasteiger partial charge in [-0.15, -0.1) is 0 Å². The van der Waals surface area contributed by atoms with E-state index in [4.69, 9.17) is 15.5 Å². The van der Waals surface area contributed by atoms with Crippen LogP contribution in [0.15, 0.2) is 53.7 Å². The molecule has 0 spiro atoms. The molecule has 1 fully saturated rings. The number of aromatic nitrogens is 4. The van der Waals surface area contributed by atoms with Gasteiger partial charge in [0.2, 0.25) is 0 Å². The van der Waals surface area contributed by atoms with Crippen LogP contribution in [0.2, 0.25) is 0 Å². The number of anilines is 2. The summed E-state index contributed by atoms with van der Waals surface area (Å²) in [6, 6.07) is 6.75. The molecule has 0 amide bonds. The predicted octanol–water partition coefficient (Wildman–Crippen LogP) is 4.50. The Morgan fingerprint density at radius 2 is 1.88 bits per heavy atom. The van der Waals surface area contributed by atoms with Gasteiger partial charge in [0.15, 0.2) is 11.6 Å². The second-order valence-corrected chi connectivity index (χ2v) is 12.5. The van der Waals surface area contributed by atoms with E-state index in [0.29, 0.717) is 28.9 Å². The molecule has 42 heavy (non-hydrogen) atoms. The van der Waals surface area contributed by atoms with Gasteiger partial charge >= 0.3 is 0 Å². The van der Waals surface area contributed by atoms with Crippen molar-refractivity contribution in [3.05, 3.63) is 72.0 Å². The van der Waals surface area contributed by atoms with Crippen LogP contribution in [-0.2, 0) is 14.8 Å². The highest BCUT2D eigenvalue weighted by Gasteiger charge is 2.27. The Bertz CT molecular complexity index is 1800. The first kappa shape index (κ1) is 28.2. The molecule has 0 bridgehead atoms. The van der Waals surface area contributed by atoms with Crippen LogP contribution in [0, 0.1) is 11.6 Å². The first-order valence-corrected chi connectivity index (χ1v) is 15.2. The molecule has 1 unspecified atom stereocenters. The van der Waals surface area contributed by atoms with Gasteiger partial charge in [-0.3, -0.25) is 9.12 Å². The third kappa shape index (κ3) is 5.23. The fraction of sp³-hybridized carbons (Fsp3) is 0.345. The molecule has 6 rings (SSSR count). The second kappa shape index (κ2) is 11.0. The molecular formula is C29H31F2N7O3S. The van der Waals surface area contributed by atoms with E-state index in [-0.39, 0.29) is 11.7 Å². The summed E-state index contributed by atoms with van der Waals surface area (Å²) in [5.74, 6) is -1.54. The van der Waals surface area contributed by atoms with Crippen molar-refractivity contribution in [3.8, 4) is 11.3 Å². The molecule has 4 aromatic rings. The minimum absolute atomic E-state index is 0.00585. The van der Waals surface area contributed by atoms with Crippen molar-refractivity contribution in [3.63, 3.8) is 0 Å². The normalized spacial score (nSPS) is 17.8. The lowest BCUT2D eigenvalue weighted by molar-refractivity contribution is -0.0103. The largest absolute Gasteiger partial charge is 0.382 e. The topological polar surface area (TPSA) is 137 Å². The molecule has 1 aliphatic heterocycles. The molecule has 10 nitrogen and oxygen atoms in total. The molecule has 0 saturated carbocycles. The first-order chi connectivity index (χ1) is 20.1. The Kier molecular flexibility index (Phi) is 7.41. The summed E-state index contributed by atoms with van der Waals surface area (Å²) >= 11 is 0. The molecule has 3 aromatic heterocycles. The minimum atomic E-state index is -4.41. The Hall–Kier alpha value is -3.94. The third-order valence-corrected chi connectivity index (χ3v) is 8.92. The summed E-state index contributed by atoms with van der Waals surface area (Å²) in [5.41, 5.74) is 9.57. The Balaban J connectivity index is 1.36. The van der Waals surface area contributed by atoms with Crippen molar-refractivity contribution in [2.24, 2.45) is 0 Å².